The molecule has 3 heteroatoms. The van der Waals surface area contributed by atoms with Crippen LogP contribution in [-0.2, 0) is 17.9 Å². The van der Waals surface area contributed by atoms with Crippen LogP contribution in [0.25, 0.3) is 11.0 Å². The minimum absolute atomic E-state index is 0.484. The van der Waals surface area contributed by atoms with E-state index in [-0.39, 0.29) is 0 Å². The molecule has 3 nitrogen and oxygen atoms in total. The van der Waals surface area contributed by atoms with Crippen LogP contribution in [0.1, 0.15) is 25.2 Å². The number of ether oxygens (including phenoxy) is 1. The fraction of sp³-hybridized carbons (Fsp3) is 0.429. The van der Waals surface area contributed by atoms with Crippen LogP contribution in [0.15, 0.2) is 28.7 Å². The van der Waals surface area contributed by atoms with Gasteiger partial charge >= 0.3 is 0 Å². The van der Waals surface area contributed by atoms with E-state index in [4.69, 9.17) is 14.9 Å². The zero-order valence-electron chi connectivity index (χ0n) is 10.4. The van der Waals surface area contributed by atoms with Gasteiger partial charge in [0, 0.05) is 24.1 Å². The van der Waals surface area contributed by atoms with E-state index >= 15 is 0 Å². The summed E-state index contributed by atoms with van der Waals surface area (Å²) >= 11 is 0. The van der Waals surface area contributed by atoms with Crippen LogP contribution < -0.4 is 5.73 Å². The number of nitrogens with two attached hydrogens (primary N) is 1. The highest BCUT2D eigenvalue weighted by Crippen LogP contribution is 2.26. The summed E-state index contributed by atoms with van der Waals surface area (Å²) < 4.78 is 11.4. The lowest BCUT2D eigenvalue weighted by Gasteiger charge is -2.05. The van der Waals surface area contributed by atoms with Crippen molar-refractivity contribution >= 4 is 11.0 Å². The second kappa shape index (κ2) is 5.34. The first-order chi connectivity index (χ1) is 8.22. The summed E-state index contributed by atoms with van der Waals surface area (Å²) in [5.74, 6) is 1.38. The maximum Gasteiger partial charge on any atom is 0.135 e. The largest absolute Gasteiger partial charge is 0.458 e. The van der Waals surface area contributed by atoms with Crippen molar-refractivity contribution in [2.45, 2.75) is 27.0 Å². The van der Waals surface area contributed by atoms with Crippen molar-refractivity contribution in [3.63, 3.8) is 0 Å². The van der Waals surface area contributed by atoms with E-state index in [1.807, 2.05) is 24.3 Å². The zero-order valence-corrected chi connectivity index (χ0v) is 10.4. The molecule has 0 amide bonds. The average Bonchev–Trinajstić information content (AvgIpc) is 2.66. The Labute approximate surface area is 102 Å². The van der Waals surface area contributed by atoms with Crippen molar-refractivity contribution < 1.29 is 9.15 Å². The van der Waals surface area contributed by atoms with E-state index in [1.54, 1.807) is 0 Å². The van der Waals surface area contributed by atoms with Gasteiger partial charge < -0.3 is 14.9 Å². The molecular weight excluding hydrogens is 214 g/mol. The maximum atomic E-state index is 5.78. The van der Waals surface area contributed by atoms with Crippen LogP contribution in [0, 0.1) is 5.92 Å². The van der Waals surface area contributed by atoms with Crippen LogP contribution in [0.5, 0.6) is 0 Å². The quantitative estimate of drug-likeness (QED) is 0.863. The SMILES string of the molecule is CC(C)COCc1oc2ccccc2c1CN. The van der Waals surface area contributed by atoms with Crippen molar-refractivity contribution in [2.24, 2.45) is 11.7 Å². The topological polar surface area (TPSA) is 48.4 Å². The number of hydrogen-bond donors (Lipinski definition) is 1. The summed E-state index contributed by atoms with van der Waals surface area (Å²) in [5, 5.41) is 1.10. The molecule has 1 heterocycles. The Morgan fingerprint density at radius 1 is 1.29 bits per heavy atom. The molecule has 0 fully saturated rings. The van der Waals surface area contributed by atoms with E-state index in [0.717, 1.165) is 28.9 Å². The molecule has 2 rings (SSSR count). The molecule has 2 aromatic rings. The van der Waals surface area contributed by atoms with Crippen LogP contribution >= 0.6 is 0 Å². The molecule has 0 spiro atoms. The van der Waals surface area contributed by atoms with E-state index in [1.165, 1.54) is 0 Å². The number of fused-ring (bicyclic) bond motifs is 1. The second-order valence-electron chi connectivity index (χ2n) is 4.61. The summed E-state index contributed by atoms with van der Waals surface area (Å²) in [4.78, 5) is 0. The molecule has 0 saturated heterocycles. The van der Waals surface area contributed by atoms with Crippen molar-refractivity contribution in [1.29, 1.82) is 0 Å². The van der Waals surface area contributed by atoms with Gasteiger partial charge in [-0.3, -0.25) is 0 Å². The lowest BCUT2D eigenvalue weighted by atomic mass is 10.1. The molecule has 0 atom stereocenters. The summed E-state index contributed by atoms with van der Waals surface area (Å²) in [6, 6.07) is 7.95. The van der Waals surface area contributed by atoms with Crippen LogP contribution in [0.3, 0.4) is 0 Å². The number of para-hydroxylation sites is 1. The highest BCUT2D eigenvalue weighted by atomic mass is 16.5. The van der Waals surface area contributed by atoms with Gasteiger partial charge in [0.1, 0.15) is 18.0 Å². The van der Waals surface area contributed by atoms with E-state index in [9.17, 15) is 0 Å². The van der Waals surface area contributed by atoms with Gasteiger partial charge in [-0.25, -0.2) is 0 Å². The third-order valence-corrected chi connectivity index (χ3v) is 2.67. The number of hydrogen-bond acceptors (Lipinski definition) is 3. The minimum atomic E-state index is 0.484. The molecule has 0 saturated carbocycles. The van der Waals surface area contributed by atoms with E-state index < -0.39 is 0 Å². The van der Waals surface area contributed by atoms with Gasteiger partial charge in [-0.05, 0) is 12.0 Å². The van der Waals surface area contributed by atoms with Crippen molar-refractivity contribution in [3.8, 4) is 0 Å². The van der Waals surface area contributed by atoms with Gasteiger partial charge in [0.05, 0.1) is 0 Å². The van der Waals surface area contributed by atoms with E-state index in [2.05, 4.69) is 13.8 Å². The van der Waals surface area contributed by atoms with Gasteiger partial charge in [0.25, 0.3) is 0 Å². The Hall–Kier alpha value is -1.32. The molecule has 2 N–H and O–H groups in total. The highest BCUT2D eigenvalue weighted by molar-refractivity contribution is 5.82. The third-order valence-electron chi connectivity index (χ3n) is 2.67. The number of benzene rings is 1. The molecule has 0 unspecified atom stereocenters. The molecule has 0 aliphatic carbocycles. The predicted molar refractivity (Wildman–Crippen MR) is 68.6 cm³/mol. The first-order valence-electron chi connectivity index (χ1n) is 5.99. The van der Waals surface area contributed by atoms with Crippen molar-refractivity contribution in [1.82, 2.24) is 0 Å². The summed E-state index contributed by atoms with van der Waals surface area (Å²) in [6.07, 6.45) is 0. The molecule has 1 aromatic heterocycles. The Kier molecular flexibility index (Phi) is 3.82. The molecule has 17 heavy (non-hydrogen) atoms. The van der Waals surface area contributed by atoms with Crippen LogP contribution in [0.2, 0.25) is 0 Å². The first-order valence-corrected chi connectivity index (χ1v) is 5.99. The monoisotopic (exact) mass is 233 g/mol. The van der Waals surface area contributed by atoms with Crippen molar-refractivity contribution in [3.05, 3.63) is 35.6 Å². The van der Waals surface area contributed by atoms with Crippen molar-refractivity contribution in [2.75, 3.05) is 6.61 Å². The number of rotatable bonds is 5. The van der Waals surface area contributed by atoms with Crippen LogP contribution in [0.4, 0.5) is 0 Å². The number of furan rings is 1. The summed E-state index contributed by atoms with van der Waals surface area (Å²) in [6.45, 7) is 5.97. The molecule has 0 aliphatic heterocycles. The predicted octanol–water partition coefficient (Wildman–Crippen LogP) is 3.06. The fourth-order valence-corrected chi connectivity index (χ4v) is 1.88. The molecule has 0 radical (unpaired) electrons. The lowest BCUT2D eigenvalue weighted by Crippen LogP contribution is -2.04. The summed E-state index contributed by atoms with van der Waals surface area (Å²) in [7, 11) is 0. The maximum absolute atomic E-state index is 5.78. The highest BCUT2D eigenvalue weighted by Gasteiger charge is 2.12. The summed E-state index contributed by atoms with van der Waals surface area (Å²) in [5.41, 5.74) is 7.72. The van der Waals surface area contributed by atoms with Gasteiger partial charge in [-0.1, -0.05) is 32.0 Å². The average molecular weight is 233 g/mol. The lowest BCUT2D eigenvalue weighted by molar-refractivity contribution is 0.0849. The molecule has 0 bridgehead atoms. The van der Waals surface area contributed by atoms with Crippen LogP contribution in [-0.4, -0.2) is 6.61 Å². The smallest absolute Gasteiger partial charge is 0.135 e. The Morgan fingerprint density at radius 2 is 2.06 bits per heavy atom. The van der Waals surface area contributed by atoms with E-state index in [0.29, 0.717) is 19.1 Å². The van der Waals surface area contributed by atoms with Gasteiger partial charge in [0.2, 0.25) is 0 Å². The molecular formula is C14H19NO2. The van der Waals surface area contributed by atoms with Gasteiger partial charge in [-0.15, -0.1) is 0 Å². The van der Waals surface area contributed by atoms with Gasteiger partial charge in [0.15, 0.2) is 0 Å². The minimum Gasteiger partial charge on any atom is -0.458 e. The zero-order chi connectivity index (χ0) is 12.3. The third kappa shape index (κ3) is 2.68. The first kappa shape index (κ1) is 12.1. The fourth-order valence-electron chi connectivity index (χ4n) is 1.88. The molecule has 1 aromatic carbocycles. The Bertz CT molecular complexity index is 488. The standard InChI is InChI=1S/C14H19NO2/c1-10(2)8-16-9-14-12(7-15)11-5-3-4-6-13(11)17-14/h3-6,10H,7-9,15H2,1-2H3. The molecule has 0 aliphatic rings. The molecule has 92 valence electrons. The Morgan fingerprint density at radius 3 is 2.76 bits per heavy atom. The normalized spacial score (nSPS) is 11.5. The Balaban J connectivity index is 2.21. The second-order valence-corrected chi connectivity index (χ2v) is 4.61. The van der Waals surface area contributed by atoms with Gasteiger partial charge in [-0.2, -0.15) is 0 Å².